The Kier molecular flexibility index (Phi) is 2.57. The predicted octanol–water partition coefficient (Wildman–Crippen LogP) is 1.49. The van der Waals surface area contributed by atoms with Gasteiger partial charge in [-0.15, -0.1) is 0 Å². The van der Waals surface area contributed by atoms with Gasteiger partial charge in [-0.25, -0.2) is 4.39 Å². The summed E-state index contributed by atoms with van der Waals surface area (Å²) in [6.07, 6.45) is 0. The third kappa shape index (κ3) is 2.05. The highest BCUT2D eigenvalue weighted by Gasteiger charge is 2.14. The summed E-state index contributed by atoms with van der Waals surface area (Å²) in [6.45, 7) is 2.20. The highest BCUT2D eigenvalue weighted by molar-refractivity contribution is 5.20. The van der Waals surface area contributed by atoms with Crippen molar-refractivity contribution in [3.8, 4) is 0 Å². The summed E-state index contributed by atoms with van der Waals surface area (Å²) in [5.74, 6) is -0.190. The van der Waals surface area contributed by atoms with Crippen LogP contribution in [0.25, 0.3) is 0 Å². The van der Waals surface area contributed by atoms with Crippen LogP contribution in [-0.4, -0.2) is 19.8 Å². The van der Waals surface area contributed by atoms with Gasteiger partial charge in [-0.05, 0) is 17.7 Å². The molecule has 0 aromatic heterocycles. The normalized spacial score (nSPS) is 23.0. The smallest absolute Gasteiger partial charge is 0.123 e. The van der Waals surface area contributed by atoms with Crippen molar-refractivity contribution in [2.75, 3.05) is 19.8 Å². The Hall–Kier alpha value is -0.930. The molecular weight excluding hydrogens is 169 g/mol. The van der Waals surface area contributed by atoms with E-state index in [0.29, 0.717) is 6.61 Å². The topological polar surface area (TPSA) is 21.3 Å². The van der Waals surface area contributed by atoms with Gasteiger partial charge in [-0.1, -0.05) is 12.1 Å². The minimum Gasteiger partial charge on any atom is -0.378 e. The van der Waals surface area contributed by atoms with Crippen LogP contribution in [0.2, 0.25) is 0 Å². The van der Waals surface area contributed by atoms with Gasteiger partial charge in [0.15, 0.2) is 0 Å². The SMILES string of the molecule is Fc1cccc(C2COCCN2)c1. The van der Waals surface area contributed by atoms with Crippen molar-refractivity contribution in [1.82, 2.24) is 5.32 Å². The zero-order valence-corrected chi connectivity index (χ0v) is 7.29. The van der Waals surface area contributed by atoms with Gasteiger partial charge in [0.1, 0.15) is 5.82 Å². The fraction of sp³-hybridized carbons (Fsp3) is 0.400. The first-order chi connectivity index (χ1) is 6.36. The van der Waals surface area contributed by atoms with Crippen molar-refractivity contribution in [3.05, 3.63) is 35.6 Å². The first-order valence-electron chi connectivity index (χ1n) is 4.43. The summed E-state index contributed by atoms with van der Waals surface area (Å²) in [6, 6.07) is 6.78. The van der Waals surface area contributed by atoms with Gasteiger partial charge in [0.25, 0.3) is 0 Å². The maximum atomic E-state index is 12.9. The summed E-state index contributed by atoms with van der Waals surface area (Å²) >= 11 is 0. The molecule has 2 rings (SSSR count). The summed E-state index contributed by atoms with van der Waals surface area (Å²) in [7, 11) is 0. The van der Waals surface area contributed by atoms with Crippen molar-refractivity contribution < 1.29 is 9.13 Å². The lowest BCUT2D eigenvalue weighted by molar-refractivity contribution is 0.0768. The van der Waals surface area contributed by atoms with Crippen LogP contribution < -0.4 is 5.32 Å². The highest BCUT2D eigenvalue weighted by Crippen LogP contribution is 2.16. The van der Waals surface area contributed by atoms with E-state index < -0.39 is 0 Å². The Morgan fingerprint density at radius 2 is 2.38 bits per heavy atom. The molecule has 0 amide bonds. The molecular formula is C10H12FNO. The second-order valence-corrected chi connectivity index (χ2v) is 3.14. The molecule has 1 saturated heterocycles. The van der Waals surface area contributed by atoms with E-state index in [9.17, 15) is 4.39 Å². The van der Waals surface area contributed by atoms with Gasteiger partial charge in [-0.2, -0.15) is 0 Å². The number of hydrogen-bond acceptors (Lipinski definition) is 2. The average molecular weight is 181 g/mol. The number of nitrogens with one attached hydrogen (secondary N) is 1. The molecule has 0 bridgehead atoms. The van der Waals surface area contributed by atoms with E-state index in [1.165, 1.54) is 6.07 Å². The van der Waals surface area contributed by atoms with E-state index in [4.69, 9.17) is 4.74 Å². The fourth-order valence-corrected chi connectivity index (χ4v) is 1.50. The maximum Gasteiger partial charge on any atom is 0.123 e. The molecule has 1 heterocycles. The summed E-state index contributed by atoms with van der Waals surface area (Å²) in [5.41, 5.74) is 0.958. The number of hydrogen-bond donors (Lipinski definition) is 1. The van der Waals surface area contributed by atoms with Crippen LogP contribution in [0, 0.1) is 5.82 Å². The number of ether oxygens (including phenoxy) is 1. The van der Waals surface area contributed by atoms with Crippen LogP contribution >= 0.6 is 0 Å². The molecule has 1 aliphatic heterocycles. The van der Waals surface area contributed by atoms with Crippen molar-refractivity contribution in [2.24, 2.45) is 0 Å². The van der Waals surface area contributed by atoms with Crippen LogP contribution in [0.3, 0.4) is 0 Å². The van der Waals surface area contributed by atoms with Crippen molar-refractivity contribution >= 4 is 0 Å². The van der Waals surface area contributed by atoms with Gasteiger partial charge >= 0.3 is 0 Å². The molecule has 0 saturated carbocycles. The lowest BCUT2D eigenvalue weighted by Gasteiger charge is -2.24. The molecule has 2 nitrogen and oxygen atoms in total. The van der Waals surface area contributed by atoms with E-state index in [-0.39, 0.29) is 11.9 Å². The second-order valence-electron chi connectivity index (χ2n) is 3.14. The molecule has 0 spiro atoms. The van der Waals surface area contributed by atoms with Gasteiger partial charge < -0.3 is 10.1 Å². The second kappa shape index (κ2) is 3.85. The maximum absolute atomic E-state index is 12.9. The molecule has 1 N–H and O–H groups in total. The molecule has 70 valence electrons. The van der Waals surface area contributed by atoms with Crippen LogP contribution in [0.4, 0.5) is 4.39 Å². The van der Waals surface area contributed by atoms with E-state index in [1.807, 2.05) is 6.07 Å². The largest absolute Gasteiger partial charge is 0.378 e. The summed E-state index contributed by atoms with van der Waals surface area (Å²) < 4.78 is 18.1. The lowest BCUT2D eigenvalue weighted by atomic mass is 10.1. The average Bonchev–Trinajstić information content (AvgIpc) is 2.19. The van der Waals surface area contributed by atoms with Crippen LogP contribution in [-0.2, 0) is 4.74 Å². The van der Waals surface area contributed by atoms with Crippen molar-refractivity contribution in [3.63, 3.8) is 0 Å². The van der Waals surface area contributed by atoms with E-state index in [2.05, 4.69) is 5.32 Å². The first-order valence-corrected chi connectivity index (χ1v) is 4.43. The minimum atomic E-state index is -0.190. The number of halogens is 1. The zero-order valence-electron chi connectivity index (χ0n) is 7.29. The molecule has 3 heteroatoms. The Labute approximate surface area is 76.7 Å². The Balaban J connectivity index is 2.14. The highest BCUT2D eigenvalue weighted by atomic mass is 19.1. The molecule has 1 atom stereocenters. The molecule has 0 aliphatic carbocycles. The molecule has 1 unspecified atom stereocenters. The van der Waals surface area contributed by atoms with E-state index in [1.54, 1.807) is 12.1 Å². The van der Waals surface area contributed by atoms with Gasteiger partial charge in [0.05, 0.1) is 19.3 Å². The molecule has 0 radical (unpaired) electrons. The van der Waals surface area contributed by atoms with Gasteiger partial charge in [0, 0.05) is 6.54 Å². The van der Waals surface area contributed by atoms with Gasteiger partial charge in [0.2, 0.25) is 0 Å². The van der Waals surface area contributed by atoms with Crippen molar-refractivity contribution in [2.45, 2.75) is 6.04 Å². The number of morpholine rings is 1. The fourth-order valence-electron chi connectivity index (χ4n) is 1.50. The molecule has 1 aromatic carbocycles. The molecule has 1 aliphatic rings. The lowest BCUT2D eigenvalue weighted by Crippen LogP contribution is -2.34. The van der Waals surface area contributed by atoms with Crippen molar-refractivity contribution in [1.29, 1.82) is 0 Å². The predicted molar refractivity (Wildman–Crippen MR) is 48.0 cm³/mol. The third-order valence-corrected chi connectivity index (χ3v) is 2.17. The molecule has 13 heavy (non-hydrogen) atoms. The zero-order chi connectivity index (χ0) is 9.10. The van der Waals surface area contributed by atoms with Crippen LogP contribution in [0.5, 0.6) is 0 Å². The Morgan fingerprint density at radius 3 is 3.08 bits per heavy atom. The van der Waals surface area contributed by atoms with E-state index in [0.717, 1.165) is 18.7 Å². The summed E-state index contributed by atoms with van der Waals surface area (Å²) in [4.78, 5) is 0. The number of rotatable bonds is 1. The Bertz CT molecular complexity index is 284. The minimum absolute atomic E-state index is 0.143. The van der Waals surface area contributed by atoms with Gasteiger partial charge in [-0.3, -0.25) is 0 Å². The Morgan fingerprint density at radius 1 is 1.46 bits per heavy atom. The summed E-state index contributed by atoms with van der Waals surface area (Å²) in [5, 5.41) is 3.27. The number of benzene rings is 1. The van der Waals surface area contributed by atoms with Crippen LogP contribution in [0.1, 0.15) is 11.6 Å². The first kappa shape index (κ1) is 8.66. The third-order valence-electron chi connectivity index (χ3n) is 2.17. The molecule has 1 aromatic rings. The van der Waals surface area contributed by atoms with E-state index >= 15 is 0 Å². The standard InChI is InChI=1S/C10H12FNO/c11-9-3-1-2-8(6-9)10-7-13-5-4-12-10/h1-3,6,10,12H,4-5,7H2. The quantitative estimate of drug-likeness (QED) is 0.708. The monoisotopic (exact) mass is 181 g/mol. The molecule has 1 fully saturated rings. The van der Waals surface area contributed by atoms with Crippen LogP contribution in [0.15, 0.2) is 24.3 Å².